The Balaban J connectivity index is 0.914. The molecular formula is C62H84N10O14S2. The van der Waals surface area contributed by atoms with Gasteiger partial charge in [-0.2, -0.15) is 0 Å². The predicted molar refractivity (Wildman–Crippen MR) is 325 cm³/mol. The smallest absolute Gasteiger partial charge is 0.251 e. The van der Waals surface area contributed by atoms with E-state index < -0.39 is 122 Å². The molecule has 0 spiro atoms. The highest BCUT2D eigenvalue weighted by Crippen LogP contribution is 2.37. The number of piperidine rings is 2. The SMILES string of the molecule is CC[C@@H](C)C(=O)N[C@H](C(=O)N1C[C@@H](NC(=O)c2ccc(C(=O)N[C@H]3C[C@@H](C(=O)N[C@@H]4CCOc5ccccc54)N(C(=O)[C@@H](CC(=O)[C@H](C)NC)C4CCN(S(C)(=O)=O)CC4)C3)cc2)C[C@H]1C(=O)N[C@@H]1CCOc2ccccc21)C1CCN(S(C)(=O)=O)CC1. The van der Waals surface area contributed by atoms with Crippen molar-refractivity contribution in [2.24, 2.45) is 23.7 Å². The molecule has 0 aromatic heterocycles. The zero-order chi connectivity index (χ0) is 63.2. The molecule has 10 atom stereocenters. The first-order valence-electron chi connectivity index (χ1n) is 30.7. The molecule has 88 heavy (non-hydrogen) atoms. The predicted octanol–water partition coefficient (Wildman–Crippen LogP) is 2.42. The molecule has 4 fully saturated rings. The number of hydrogen-bond acceptors (Lipinski definition) is 15. The third kappa shape index (κ3) is 15.3. The van der Waals surface area contributed by atoms with Gasteiger partial charge in [-0.1, -0.05) is 50.2 Å². The van der Waals surface area contributed by atoms with Crippen molar-refractivity contribution < 1.29 is 64.7 Å². The van der Waals surface area contributed by atoms with Crippen molar-refractivity contribution in [2.75, 3.05) is 72.0 Å². The molecule has 26 heteroatoms. The number of benzene rings is 3. The highest BCUT2D eigenvalue weighted by Gasteiger charge is 2.48. The summed E-state index contributed by atoms with van der Waals surface area (Å²) in [5.41, 5.74) is 1.89. The quantitative estimate of drug-likeness (QED) is 0.0893. The highest BCUT2D eigenvalue weighted by molar-refractivity contribution is 7.88. The number of Topliss-reactive ketones (excluding diaryl/α,β-unsaturated/α-hetero) is 1. The van der Waals surface area contributed by atoms with Crippen LogP contribution in [-0.4, -0.2) is 191 Å². The van der Waals surface area contributed by atoms with Gasteiger partial charge in [0.1, 0.15) is 35.4 Å². The second-order valence-corrected chi connectivity index (χ2v) is 28.4. The van der Waals surface area contributed by atoms with Crippen molar-refractivity contribution in [3.63, 3.8) is 0 Å². The summed E-state index contributed by atoms with van der Waals surface area (Å²) in [5.74, 6) is -4.46. The molecule has 3 aromatic carbocycles. The number of fused-ring (bicyclic) bond motifs is 2. The Hall–Kier alpha value is -7.00. The van der Waals surface area contributed by atoms with Crippen molar-refractivity contribution >= 4 is 67.2 Å². The molecule has 9 rings (SSSR count). The lowest BCUT2D eigenvalue weighted by Gasteiger charge is -2.37. The van der Waals surface area contributed by atoms with Crippen LogP contribution in [0.2, 0.25) is 0 Å². The van der Waals surface area contributed by atoms with Crippen LogP contribution in [0.1, 0.15) is 129 Å². The summed E-state index contributed by atoms with van der Waals surface area (Å²) < 4.78 is 64.4. The number of amides is 7. The minimum Gasteiger partial charge on any atom is -0.493 e. The van der Waals surface area contributed by atoms with Crippen molar-refractivity contribution in [1.29, 1.82) is 0 Å². The zero-order valence-corrected chi connectivity index (χ0v) is 52.5. The van der Waals surface area contributed by atoms with Crippen molar-refractivity contribution in [3.8, 4) is 11.5 Å². The lowest BCUT2D eigenvalue weighted by atomic mass is 9.80. The molecule has 0 aliphatic carbocycles. The Morgan fingerprint density at radius 1 is 0.580 bits per heavy atom. The summed E-state index contributed by atoms with van der Waals surface area (Å²) in [6.07, 6.45) is 4.80. The maximum Gasteiger partial charge on any atom is 0.251 e. The van der Waals surface area contributed by atoms with Gasteiger partial charge in [-0.05, 0) is 107 Å². The van der Waals surface area contributed by atoms with Gasteiger partial charge in [-0.25, -0.2) is 25.4 Å². The second kappa shape index (κ2) is 28.2. The number of ether oxygens (including phenoxy) is 2. The average Bonchev–Trinajstić information content (AvgIpc) is 2.21. The molecule has 0 saturated carbocycles. The highest BCUT2D eigenvalue weighted by atomic mass is 32.2. The van der Waals surface area contributed by atoms with Crippen LogP contribution < -0.4 is 41.4 Å². The van der Waals surface area contributed by atoms with Gasteiger partial charge in [0, 0.05) is 105 Å². The summed E-state index contributed by atoms with van der Waals surface area (Å²) in [7, 11) is -5.38. The van der Waals surface area contributed by atoms with E-state index in [9.17, 15) is 45.6 Å². The normalized spacial score (nSPS) is 24.2. The van der Waals surface area contributed by atoms with Gasteiger partial charge in [0.15, 0.2) is 0 Å². The molecule has 478 valence electrons. The fourth-order valence-electron chi connectivity index (χ4n) is 13.1. The van der Waals surface area contributed by atoms with Crippen LogP contribution in [0.5, 0.6) is 11.5 Å². The third-order valence-corrected chi connectivity index (χ3v) is 21.3. The van der Waals surface area contributed by atoms with E-state index in [4.69, 9.17) is 9.47 Å². The number of sulfonamides is 2. The molecule has 6 aliphatic rings. The Bertz CT molecular complexity index is 3100. The maximum absolute atomic E-state index is 15.1. The minimum atomic E-state index is -3.52. The van der Waals surface area contributed by atoms with E-state index in [2.05, 4.69) is 31.9 Å². The largest absolute Gasteiger partial charge is 0.493 e. The molecule has 4 saturated heterocycles. The van der Waals surface area contributed by atoms with Crippen molar-refractivity contribution in [1.82, 2.24) is 50.3 Å². The Labute approximate surface area is 515 Å². The maximum atomic E-state index is 15.1. The third-order valence-electron chi connectivity index (χ3n) is 18.7. The van der Waals surface area contributed by atoms with Gasteiger partial charge in [-0.15, -0.1) is 0 Å². The van der Waals surface area contributed by atoms with E-state index in [1.807, 2.05) is 55.5 Å². The molecule has 7 amide bonds. The first kappa shape index (κ1) is 65.4. The Morgan fingerprint density at radius 3 is 1.44 bits per heavy atom. The van der Waals surface area contributed by atoms with E-state index in [0.717, 1.165) is 23.6 Å². The topological polar surface area (TPSA) is 308 Å². The average molecular weight is 1260 g/mol. The van der Waals surface area contributed by atoms with Gasteiger partial charge in [0.2, 0.25) is 49.6 Å². The minimum absolute atomic E-state index is 0.0179. The van der Waals surface area contributed by atoms with Crippen LogP contribution in [0.25, 0.3) is 0 Å². The fourth-order valence-corrected chi connectivity index (χ4v) is 14.9. The number of nitrogens with one attached hydrogen (secondary N) is 6. The van der Waals surface area contributed by atoms with E-state index >= 15 is 9.59 Å². The molecule has 6 N–H and O–H groups in total. The Morgan fingerprint density at radius 2 is 1.01 bits per heavy atom. The number of likely N-dealkylation sites (tertiary alicyclic amines) is 2. The number of carbonyl (C=O) groups excluding carboxylic acids is 8. The van der Waals surface area contributed by atoms with Gasteiger partial charge in [0.05, 0.1) is 43.9 Å². The van der Waals surface area contributed by atoms with Crippen molar-refractivity contribution in [3.05, 3.63) is 95.1 Å². The second-order valence-electron chi connectivity index (χ2n) is 24.5. The van der Waals surface area contributed by atoms with E-state index in [0.29, 0.717) is 56.8 Å². The van der Waals surface area contributed by atoms with Crippen LogP contribution >= 0.6 is 0 Å². The molecule has 6 aliphatic heterocycles. The molecule has 24 nitrogen and oxygen atoms in total. The summed E-state index contributed by atoms with van der Waals surface area (Å²) in [5, 5.41) is 18.2. The number of ketones is 1. The first-order chi connectivity index (χ1) is 41.9. The number of likely N-dealkylation sites (N-methyl/N-ethyl adjacent to an activating group) is 1. The number of carbonyl (C=O) groups is 8. The molecule has 0 bridgehead atoms. The van der Waals surface area contributed by atoms with Crippen LogP contribution in [0.3, 0.4) is 0 Å². The van der Waals surface area contributed by atoms with E-state index in [1.165, 1.54) is 42.7 Å². The van der Waals surface area contributed by atoms with Gasteiger partial charge >= 0.3 is 0 Å². The summed E-state index contributed by atoms with van der Waals surface area (Å²) >= 11 is 0. The van der Waals surface area contributed by atoms with Gasteiger partial charge < -0.3 is 51.2 Å². The number of nitrogens with zero attached hydrogens (tertiary/aromatic N) is 4. The summed E-state index contributed by atoms with van der Waals surface area (Å²) in [4.78, 5) is 118. The van der Waals surface area contributed by atoms with E-state index in [-0.39, 0.29) is 100 Å². The van der Waals surface area contributed by atoms with Gasteiger partial charge in [0.25, 0.3) is 11.8 Å². The lowest BCUT2D eigenvalue weighted by molar-refractivity contribution is -0.145. The molecule has 0 radical (unpaired) electrons. The van der Waals surface area contributed by atoms with Crippen LogP contribution in [0.4, 0.5) is 0 Å². The number of rotatable bonds is 21. The first-order valence-corrected chi connectivity index (χ1v) is 34.4. The van der Waals surface area contributed by atoms with Crippen molar-refractivity contribution in [2.45, 2.75) is 133 Å². The fraction of sp³-hybridized carbons (Fsp3) is 0.581. The van der Waals surface area contributed by atoms with Crippen LogP contribution in [0.15, 0.2) is 72.8 Å². The summed E-state index contributed by atoms with van der Waals surface area (Å²) in [6, 6.07) is 14.4. The standard InChI is InChI=1S/C62H84N10O14S2/c1-7-37(2)56(74)68-55(40-22-28-70(29-23-40)88(6,83)84)62(80)72-36-44(33-51(72)60(78)67-49-25-31-86-54-15-11-9-13-46(49)54)65-58(76)42-18-16-41(17-19-42)57(75)64-43-32-50(59(77)66-48-24-30-85-53-14-10-8-12-45(48)53)71(35-43)61(79)47(34-52(73)38(3)63-4)39-20-26-69(27-21-39)87(5,81)82/h8-19,37-40,43-44,47-51,55,63H,7,20-36H2,1-6H3,(H,64,75)(H,65,76)(H,66,77)(H,67,78)(H,68,74)/t37-,38+,43+,44+,47+,48-,49-,50+,51+,55+/m1/s1. The van der Waals surface area contributed by atoms with E-state index in [1.54, 1.807) is 20.9 Å². The van der Waals surface area contributed by atoms with Crippen LogP contribution in [0, 0.1) is 23.7 Å². The van der Waals surface area contributed by atoms with Gasteiger partial charge in [-0.3, -0.25) is 38.4 Å². The Kier molecular flexibility index (Phi) is 21.0. The molecule has 3 aromatic rings. The van der Waals surface area contributed by atoms with Crippen LogP contribution in [-0.2, 0) is 48.8 Å². The zero-order valence-electron chi connectivity index (χ0n) is 50.9. The summed E-state index contributed by atoms with van der Waals surface area (Å²) in [6.45, 7) is 6.45. The molecular weight excluding hydrogens is 1170 g/mol. The lowest BCUT2D eigenvalue weighted by Crippen LogP contribution is -2.58. The monoisotopic (exact) mass is 1260 g/mol. The number of hydrogen-bond donors (Lipinski definition) is 6. The molecule has 6 heterocycles. The molecule has 0 unspecified atom stereocenters. The number of para-hydroxylation sites is 2.